The standard InChI is InChI=1S/C23H16ClN3O6S/c1-13-2-5-15(10-18(13)24)25-21(28)12-26-22(29)20(34-23(26)30)11-17-8-9-19(33-17)14-3-6-16(7-4-14)27(31)32/h2-11H,12H2,1H3,(H,25,28)/b20-11+. The number of non-ortho nitro benzene ring substituents is 1. The average molecular weight is 498 g/mol. The van der Waals surface area contributed by atoms with Gasteiger partial charge in [0.15, 0.2) is 0 Å². The second kappa shape index (κ2) is 9.54. The average Bonchev–Trinajstić information content (AvgIpc) is 3.37. The number of aryl methyl sites for hydroxylation is 1. The monoisotopic (exact) mass is 497 g/mol. The van der Waals surface area contributed by atoms with Gasteiger partial charge in [-0.2, -0.15) is 0 Å². The van der Waals surface area contributed by atoms with Gasteiger partial charge in [-0.05, 0) is 60.6 Å². The number of nitro groups is 1. The van der Waals surface area contributed by atoms with E-state index in [-0.39, 0.29) is 10.6 Å². The van der Waals surface area contributed by atoms with Crippen LogP contribution in [0.25, 0.3) is 17.4 Å². The number of imide groups is 1. The molecule has 2 aromatic carbocycles. The Balaban J connectivity index is 1.44. The van der Waals surface area contributed by atoms with Crippen molar-refractivity contribution in [3.63, 3.8) is 0 Å². The minimum absolute atomic E-state index is 0.0429. The van der Waals surface area contributed by atoms with Crippen molar-refractivity contribution in [3.8, 4) is 11.3 Å². The first-order valence-corrected chi connectivity index (χ1v) is 11.1. The quantitative estimate of drug-likeness (QED) is 0.271. The molecule has 2 heterocycles. The van der Waals surface area contributed by atoms with E-state index in [0.29, 0.717) is 39.6 Å². The number of anilines is 1. The topological polar surface area (TPSA) is 123 Å². The Morgan fingerprint density at radius 2 is 1.91 bits per heavy atom. The summed E-state index contributed by atoms with van der Waals surface area (Å²) in [5, 5.41) is 13.3. The SMILES string of the molecule is Cc1ccc(NC(=O)CN2C(=O)S/C(=C/c3ccc(-c4ccc([N+](=O)[O-])cc4)o3)C2=O)cc1Cl. The second-order valence-corrected chi connectivity index (χ2v) is 8.69. The first-order chi connectivity index (χ1) is 16.2. The lowest BCUT2D eigenvalue weighted by Gasteiger charge is -2.12. The molecule has 0 saturated carbocycles. The summed E-state index contributed by atoms with van der Waals surface area (Å²) < 4.78 is 5.70. The molecule has 3 aromatic rings. The van der Waals surface area contributed by atoms with Crippen LogP contribution < -0.4 is 5.32 Å². The Labute approximate surface area is 202 Å². The van der Waals surface area contributed by atoms with Gasteiger partial charge < -0.3 is 9.73 Å². The Hall–Kier alpha value is -3.89. The number of hydrogen-bond acceptors (Lipinski definition) is 7. The van der Waals surface area contributed by atoms with Gasteiger partial charge in [0.05, 0.1) is 9.83 Å². The molecule has 1 saturated heterocycles. The Bertz CT molecular complexity index is 1350. The lowest BCUT2D eigenvalue weighted by molar-refractivity contribution is -0.384. The third-order valence-corrected chi connectivity index (χ3v) is 6.21. The van der Waals surface area contributed by atoms with Crippen LogP contribution in [-0.2, 0) is 9.59 Å². The molecule has 172 valence electrons. The van der Waals surface area contributed by atoms with Crippen LogP contribution in [0, 0.1) is 17.0 Å². The number of nitro benzene ring substituents is 1. The third-order valence-electron chi connectivity index (χ3n) is 4.89. The summed E-state index contributed by atoms with van der Waals surface area (Å²) in [5.41, 5.74) is 1.88. The maximum atomic E-state index is 12.7. The van der Waals surface area contributed by atoms with Crippen LogP contribution in [0.3, 0.4) is 0 Å². The predicted molar refractivity (Wildman–Crippen MR) is 128 cm³/mol. The number of nitrogens with one attached hydrogen (secondary N) is 1. The minimum Gasteiger partial charge on any atom is -0.457 e. The summed E-state index contributed by atoms with van der Waals surface area (Å²) in [6.45, 7) is 1.38. The van der Waals surface area contributed by atoms with Crippen molar-refractivity contribution in [2.45, 2.75) is 6.92 Å². The largest absolute Gasteiger partial charge is 0.457 e. The fourth-order valence-electron chi connectivity index (χ4n) is 3.11. The molecule has 1 fully saturated rings. The van der Waals surface area contributed by atoms with E-state index in [1.54, 1.807) is 42.5 Å². The van der Waals surface area contributed by atoms with Crippen molar-refractivity contribution in [1.29, 1.82) is 0 Å². The van der Waals surface area contributed by atoms with E-state index >= 15 is 0 Å². The maximum absolute atomic E-state index is 12.7. The number of hydrogen-bond donors (Lipinski definition) is 1. The number of benzene rings is 2. The van der Waals surface area contributed by atoms with Crippen molar-refractivity contribution in [1.82, 2.24) is 4.90 Å². The zero-order valence-corrected chi connectivity index (χ0v) is 19.2. The summed E-state index contributed by atoms with van der Waals surface area (Å²) in [7, 11) is 0. The molecular formula is C23H16ClN3O6S. The summed E-state index contributed by atoms with van der Waals surface area (Å²) in [4.78, 5) is 48.6. The molecule has 0 unspecified atom stereocenters. The van der Waals surface area contributed by atoms with E-state index in [2.05, 4.69) is 5.32 Å². The molecule has 0 atom stereocenters. The number of halogens is 1. The third kappa shape index (κ3) is 5.03. The first-order valence-electron chi connectivity index (χ1n) is 9.87. The van der Waals surface area contributed by atoms with E-state index in [1.165, 1.54) is 18.2 Å². The smallest absolute Gasteiger partial charge is 0.294 e. The van der Waals surface area contributed by atoms with Gasteiger partial charge in [-0.25, -0.2) is 0 Å². The molecule has 9 nitrogen and oxygen atoms in total. The summed E-state index contributed by atoms with van der Waals surface area (Å²) in [6, 6.07) is 14.1. The van der Waals surface area contributed by atoms with E-state index in [1.807, 2.05) is 6.92 Å². The summed E-state index contributed by atoms with van der Waals surface area (Å²) in [5.74, 6) is -0.392. The van der Waals surface area contributed by atoms with E-state index in [0.717, 1.165) is 10.5 Å². The van der Waals surface area contributed by atoms with Crippen molar-refractivity contribution in [3.05, 3.63) is 86.0 Å². The van der Waals surface area contributed by atoms with Gasteiger partial charge in [0.25, 0.3) is 16.8 Å². The van der Waals surface area contributed by atoms with Crippen LogP contribution in [0.1, 0.15) is 11.3 Å². The zero-order valence-electron chi connectivity index (χ0n) is 17.6. The van der Waals surface area contributed by atoms with Crippen LogP contribution >= 0.6 is 23.4 Å². The lowest BCUT2D eigenvalue weighted by Crippen LogP contribution is -2.36. The van der Waals surface area contributed by atoms with Gasteiger partial charge in [0.2, 0.25) is 5.91 Å². The number of rotatable bonds is 6. The maximum Gasteiger partial charge on any atom is 0.294 e. The van der Waals surface area contributed by atoms with Crippen molar-refractivity contribution < 1.29 is 23.7 Å². The van der Waals surface area contributed by atoms with Crippen LogP contribution in [0.4, 0.5) is 16.2 Å². The normalized spacial score (nSPS) is 14.6. The van der Waals surface area contributed by atoms with Crippen LogP contribution in [-0.4, -0.2) is 33.4 Å². The Kier molecular flexibility index (Phi) is 6.53. The second-order valence-electron chi connectivity index (χ2n) is 7.29. The van der Waals surface area contributed by atoms with Gasteiger partial charge >= 0.3 is 0 Å². The summed E-state index contributed by atoms with van der Waals surface area (Å²) >= 11 is 6.76. The van der Waals surface area contributed by atoms with Gasteiger partial charge in [-0.15, -0.1) is 0 Å². The fourth-order valence-corrected chi connectivity index (χ4v) is 4.11. The molecule has 11 heteroatoms. The van der Waals surface area contributed by atoms with Gasteiger partial charge in [0.1, 0.15) is 18.1 Å². The van der Waals surface area contributed by atoms with E-state index < -0.39 is 28.5 Å². The molecule has 0 spiro atoms. The molecule has 3 amide bonds. The van der Waals surface area contributed by atoms with Crippen molar-refractivity contribution in [2.75, 3.05) is 11.9 Å². The molecular weight excluding hydrogens is 482 g/mol. The highest BCUT2D eigenvalue weighted by atomic mass is 35.5. The van der Waals surface area contributed by atoms with Crippen LogP contribution in [0.5, 0.6) is 0 Å². The first kappa shape index (κ1) is 23.3. The van der Waals surface area contributed by atoms with Crippen LogP contribution in [0.15, 0.2) is 63.9 Å². The number of nitrogens with zero attached hydrogens (tertiary/aromatic N) is 2. The predicted octanol–water partition coefficient (Wildman–Crippen LogP) is 5.49. The number of thioether (sulfide) groups is 1. The molecule has 1 aliphatic rings. The van der Waals surface area contributed by atoms with Gasteiger partial charge in [-0.3, -0.25) is 29.4 Å². The Morgan fingerprint density at radius 1 is 1.18 bits per heavy atom. The van der Waals surface area contributed by atoms with Crippen molar-refractivity contribution in [2.24, 2.45) is 0 Å². The number of furan rings is 1. The highest BCUT2D eigenvalue weighted by Crippen LogP contribution is 2.33. The summed E-state index contributed by atoms with van der Waals surface area (Å²) in [6.07, 6.45) is 1.41. The van der Waals surface area contributed by atoms with Crippen LogP contribution in [0.2, 0.25) is 5.02 Å². The number of carbonyl (C=O) groups is 3. The molecule has 34 heavy (non-hydrogen) atoms. The number of amides is 3. The van der Waals surface area contributed by atoms with Gasteiger partial charge in [-0.1, -0.05) is 17.7 Å². The molecule has 1 aliphatic heterocycles. The fraction of sp³-hybridized carbons (Fsp3) is 0.0870. The molecule has 4 rings (SSSR count). The lowest BCUT2D eigenvalue weighted by atomic mass is 10.1. The van der Waals surface area contributed by atoms with E-state index in [9.17, 15) is 24.5 Å². The molecule has 1 aromatic heterocycles. The zero-order chi connectivity index (χ0) is 24.4. The minimum atomic E-state index is -0.611. The highest BCUT2D eigenvalue weighted by molar-refractivity contribution is 8.18. The molecule has 1 N–H and O–H groups in total. The Morgan fingerprint density at radius 3 is 2.59 bits per heavy atom. The molecule has 0 aliphatic carbocycles. The van der Waals surface area contributed by atoms with Gasteiger partial charge in [0, 0.05) is 34.5 Å². The van der Waals surface area contributed by atoms with Crippen molar-refractivity contribution >= 4 is 57.9 Å². The highest BCUT2D eigenvalue weighted by Gasteiger charge is 2.36. The van der Waals surface area contributed by atoms with E-state index in [4.69, 9.17) is 16.0 Å². The molecule has 0 bridgehead atoms. The molecule has 0 radical (unpaired) electrons. The number of carbonyl (C=O) groups excluding carboxylic acids is 3.